The first-order valence-electron chi connectivity index (χ1n) is 9.68. The molecule has 11 nitrogen and oxygen atoms in total. The Labute approximate surface area is 181 Å². The summed E-state index contributed by atoms with van der Waals surface area (Å²) in [6, 6.07) is 12.3. The molecule has 0 radical (unpaired) electrons. The number of aromatic amines is 1. The molecule has 2 aromatic heterocycles. The van der Waals surface area contributed by atoms with E-state index in [1.807, 2.05) is 36.4 Å². The van der Waals surface area contributed by atoms with Crippen molar-refractivity contribution in [1.29, 1.82) is 0 Å². The van der Waals surface area contributed by atoms with Crippen LogP contribution in [-0.4, -0.2) is 51.7 Å². The van der Waals surface area contributed by atoms with Gasteiger partial charge in [-0.05, 0) is 34.7 Å². The van der Waals surface area contributed by atoms with Crippen LogP contribution in [0, 0.1) is 0 Å². The van der Waals surface area contributed by atoms with Gasteiger partial charge in [0.15, 0.2) is 0 Å². The van der Waals surface area contributed by atoms with E-state index in [0.29, 0.717) is 40.1 Å². The Kier molecular flexibility index (Phi) is 4.70. The summed E-state index contributed by atoms with van der Waals surface area (Å²) in [5, 5.41) is 22.0. The van der Waals surface area contributed by atoms with Crippen LogP contribution in [0.15, 0.2) is 47.3 Å². The third-order valence-electron chi connectivity index (χ3n) is 5.35. The second kappa shape index (κ2) is 7.69. The van der Waals surface area contributed by atoms with Gasteiger partial charge in [0.1, 0.15) is 29.0 Å². The molecule has 162 valence electrons. The number of nitrogens with one attached hydrogen (secondary N) is 2. The molecule has 0 bridgehead atoms. The molecule has 11 heteroatoms. The first-order valence-corrected chi connectivity index (χ1v) is 9.68. The fraction of sp³-hybridized carbons (Fsp3) is 0.190. The molecule has 5 rings (SSSR count). The summed E-state index contributed by atoms with van der Waals surface area (Å²) in [6.45, 7) is 0. The molecule has 3 heterocycles. The molecule has 0 saturated carbocycles. The van der Waals surface area contributed by atoms with Crippen molar-refractivity contribution in [1.82, 2.24) is 30.4 Å². The lowest BCUT2D eigenvalue weighted by Gasteiger charge is -2.28. The number of fused-ring (bicyclic) bond motifs is 2. The van der Waals surface area contributed by atoms with Crippen LogP contribution in [0.25, 0.3) is 11.3 Å². The maximum Gasteiger partial charge on any atom is 0.288 e. The molecule has 4 aromatic rings. The van der Waals surface area contributed by atoms with Gasteiger partial charge in [0.25, 0.3) is 5.56 Å². The van der Waals surface area contributed by atoms with E-state index in [1.165, 1.54) is 0 Å². The molecule has 2 N–H and O–H groups in total. The van der Waals surface area contributed by atoms with E-state index >= 15 is 0 Å². The van der Waals surface area contributed by atoms with Crippen LogP contribution in [0.3, 0.4) is 0 Å². The maximum atomic E-state index is 12.8. The van der Waals surface area contributed by atoms with Crippen molar-refractivity contribution in [3.63, 3.8) is 0 Å². The van der Waals surface area contributed by atoms with E-state index in [-0.39, 0.29) is 0 Å². The number of hydrogen-bond acceptors (Lipinski definition) is 9. The molecule has 1 aliphatic rings. The smallest absolute Gasteiger partial charge is 0.288 e. The first kappa shape index (κ1) is 19.5. The van der Waals surface area contributed by atoms with Crippen molar-refractivity contribution in [2.24, 2.45) is 0 Å². The molecule has 32 heavy (non-hydrogen) atoms. The largest absolute Gasteiger partial charge is 0.497 e. The van der Waals surface area contributed by atoms with Gasteiger partial charge in [-0.3, -0.25) is 4.79 Å². The lowest BCUT2D eigenvalue weighted by Crippen LogP contribution is -2.29. The van der Waals surface area contributed by atoms with Gasteiger partial charge in [-0.1, -0.05) is 17.2 Å². The molecule has 0 spiro atoms. The second-order valence-electron chi connectivity index (χ2n) is 7.00. The van der Waals surface area contributed by atoms with Crippen LogP contribution >= 0.6 is 0 Å². The van der Waals surface area contributed by atoms with Crippen LogP contribution in [-0.2, 0) is 0 Å². The Hall–Kier alpha value is -4.41. The monoisotopic (exact) mass is 433 g/mol. The number of anilines is 2. The minimum atomic E-state index is -0.590. The molecule has 0 fully saturated rings. The van der Waals surface area contributed by atoms with Crippen LogP contribution in [0.5, 0.6) is 17.2 Å². The molecular formula is C21H19N7O4. The lowest BCUT2D eigenvalue weighted by atomic mass is 9.92. The number of aromatic nitrogens is 6. The Morgan fingerprint density at radius 1 is 1.00 bits per heavy atom. The molecule has 0 aliphatic carbocycles. The van der Waals surface area contributed by atoms with Gasteiger partial charge in [0.05, 0.1) is 27.0 Å². The molecule has 1 atom stereocenters. The van der Waals surface area contributed by atoms with Crippen molar-refractivity contribution in [2.45, 2.75) is 6.04 Å². The predicted molar refractivity (Wildman–Crippen MR) is 115 cm³/mol. The first-order chi connectivity index (χ1) is 15.6. The van der Waals surface area contributed by atoms with Crippen molar-refractivity contribution < 1.29 is 14.2 Å². The topological polar surface area (TPSA) is 129 Å². The summed E-state index contributed by atoms with van der Waals surface area (Å²) in [7, 11) is 4.74. The number of nitrogens with zero attached hydrogens (tertiary/aromatic N) is 5. The molecular weight excluding hydrogens is 414 g/mol. The maximum absolute atomic E-state index is 12.8. The van der Waals surface area contributed by atoms with Crippen molar-refractivity contribution in [3.8, 4) is 28.5 Å². The zero-order valence-corrected chi connectivity index (χ0v) is 17.5. The number of H-pyrrole nitrogens is 1. The van der Waals surface area contributed by atoms with Crippen LogP contribution in [0.1, 0.15) is 17.2 Å². The van der Waals surface area contributed by atoms with Gasteiger partial charge in [0, 0.05) is 22.8 Å². The summed E-state index contributed by atoms with van der Waals surface area (Å²) in [5.41, 5.74) is 2.57. The summed E-state index contributed by atoms with van der Waals surface area (Å²) in [6.07, 6.45) is 0. The zero-order valence-electron chi connectivity index (χ0n) is 17.5. The van der Waals surface area contributed by atoms with Gasteiger partial charge in [-0.15, -0.1) is 0 Å². The van der Waals surface area contributed by atoms with Gasteiger partial charge >= 0.3 is 0 Å². The fourth-order valence-corrected chi connectivity index (χ4v) is 3.86. The third-order valence-corrected chi connectivity index (χ3v) is 5.35. The number of methoxy groups -OCH3 is 3. The lowest BCUT2D eigenvalue weighted by molar-refractivity contribution is 0.386. The normalized spacial score (nSPS) is 14.2. The van der Waals surface area contributed by atoms with Crippen molar-refractivity contribution in [2.75, 3.05) is 26.6 Å². The fourth-order valence-electron chi connectivity index (χ4n) is 3.86. The number of benzene rings is 2. The molecule has 1 aliphatic heterocycles. The van der Waals surface area contributed by atoms with E-state index in [9.17, 15) is 4.79 Å². The van der Waals surface area contributed by atoms with Gasteiger partial charge in [0.2, 0.25) is 5.95 Å². The van der Waals surface area contributed by atoms with E-state index in [0.717, 1.165) is 11.1 Å². The molecule has 0 amide bonds. The van der Waals surface area contributed by atoms with Crippen LogP contribution in [0.4, 0.5) is 11.6 Å². The Bertz CT molecular complexity index is 1360. The van der Waals surface area contributed by atoms with E-state index < -0.39 is 11.6 Å². The zero-order chi connectivity index (χ0) is 22.2. The third kappa shape index (κ3) is 3.02. The van der Waals surface area contributed by atoms with E-state index in [2.05, 4.69) is 31.0 Å². The summed E-state index contributed by atoms with van der Waals surface area (Å²) < 4.78 is 18.0. The van der Waals surface area contributed by atoms with Crippen molar-refractivity contribution in [3.05, 3.63) is 63.9 Å². The summed E-state index contributed by atoms with van der Waals surface area (Å²) in [4.78, 5) is 12.8. The average Bonchev–Trinajstić information content (AvgIpc) is 3.31. The minimum Gasteiger partial charge on any atom is -0.497 e. The van der Waals surface area contributed by atoms with Crippen molar-refractivity contribution >= 4 is 11.6 Å². The van der Waals surface area contributed by atoms with E-state index in [4.69, 9.17) is 14.2 Å². The Morgan fingerprint density at radius 3 is 2.59 bits per heavy atom. The molecule has 0 unspecified atom stereocenters. The SMILES string of the molecule is COc1cccc(-c2n[nH]c(=O)c3c2[C@H](c2ccc(OC)cc2OC)n2nnnc2N3)c1. The highest BCUT2D eigenvalue weighted by Crippen LogP contribution is 2.44. The van der Waals surface area contributed by atoms with Gasteiger partial charge in [-0.2, -0.15) is 9.78 Å². The summed E-state index contributed by atoms with van der Waals surface area (Å²) in [5.74, 6) is 2.18. The standard InChI is InChI=1S/C21H19N7O4/c1-30-12-6-4-5-11(9-12)17-16-18(20(29)24-23-17)22-21-25-26-27-28(21)19(16)14-8-7-13(31-2)10-15(14)32-3/h4-10,19H,1-3H3,(H,24,29)(H,22,25,27)/t19-/m0/s1. The Morgan fingerprint density at radius 2 is 1.81 bits per heavy atom. The quantitative estimate of drug-likeness (QED) is 0.428. The predicted octanol–water partition coefficient (Wildman–Crippen LogP) is 2.14. The minimum absolute atomic E-state index is 0.308. The van der Waals surface area contributed by atoms with E-state index in [1.54, 1.807) is 32.1 Å². The second-order valence-corrected chi connectivity index (χ2v) is 7.00. The molecule has 0 saturated heterocycles. The van der Waals surface area contributed by atoms with Crippen LogP contribution < -0.4 is 25.1 Å². The van der Waals surface area contributed by atoms with Gasteiger partial charge < -0.3 is 19.5 Å². The number of hydrogen-bond donors (Lipinski definition) is 2. The number of tetrazole rings is 1. The highest BCUT2D eigenvalue weighted by molar-refractivity contribution is 5.76. The van der Waals surface area contributed by atoms with Crippen LogP contribution in [0.2, 0.25) is 0 Å². The average molecular weight is 433 g/mol. The van der Waals surface area contributed by atoms with Gasteiger partial charge in [-0.25, -0.2) is 5.10 Å². The highest BCUT2D eigenvalue weighted by Gasteiger charge is 2.36. The Balaban J connectivity index is 1.81. The summed E-state index contributed by atoms with van der Waals surface area (Å²) >= 11 is 0. The number of rotatable bonds is 5. The molecule has 2 aromatic carbocycles. The number of ether oxygens (including phenoxy) is 3. The highest BCUT2D eigenvalue weighted by atomic mass is 16.5.